The fourth-order valence-electron chi connectivity index (χ4n) is 3.42. The van der Waals surface area contributed by atoms with Crippen LogP contribution in [-0.2, 0) is 4.79 Å². The number of ether oxygens (including phenoxy) is 1. The van der Waals surface area contributed by atoms with Crippen molar-refractivity contribution in [3.8, 4) is 5.75 Å². The number of carbonyl (C=O) groups excluding carboxylic acids is 1. The van der Waals surface area contributed by atoms with Crippen molar-refractivity contribution in [1.82, 2.24) is 20.9 Å². The Morgan fingerprint density at radius 1 is 1.17 bits per heavy atom. The van der Waals surface area contributed by atoms with E-state index in [2.05, 4.69) is 39.9 Å². The van der Waals surface area contributed by atoms with Gasteiger partial charge in [-0.25, -0.2) is 0 Å². The summed E-state index contributed by atoms with van der Waals surface area (Å²) in [5, 5.41) is 9.53. The van der Waals surface area contributed by atoms with Gasteiger partial charge in [-0.3, -0.25) is 14.7 Å². The third-order valence-corrected chi connectivity index (χ3v) is 5.07. The lowest BCUT2D eigenvalue weighted by atomic mass is 10.1. The number of guanidine groups is 1. The SMILES string of the molecule is CCNC(=NCC(c1cccc(OC)c1)N1CCCC1)NCCNC(=O)C(C)C. The van der Waals surface area contributed by atoms with E-state index < -0.39 is 0 Å². The summed E-state index contributed by atoms with van der Waals surface area (Å²) in [6, 6.07) is 8.51. The van der Waals surface area contributed by atoms with E-state index in [-0.39, 0.29) is 17.9 Å². The molecule has 1 aromatic carbocycles. The van der Waals surface area contributed by atoms with Crippen LogP contribution in [0.2, 0.25) is 0 Å². The zero-order valence-electron chi connectivity index (χ0n) is 18.3. The van der Waals surface area contributed by atoms with Crippen molar-refractivity contribution >= 4 is 11.9 Å². The topological polar surface area (TPSA) is 78.0 Å². The van der Waals surface area contributed by atoms with Crippen LogP contribution in [0.25, 0.3) is 0 Å². The standard InChI is InChI=1S/C22H37N5O2/c1-5-23-22(25-12-11-24-21(28)17(2)3)26-16-20(27-13-6-7-14-27)18-9-8-10-19(15-18)29-4/h8-10,15,17,20H,5-7,11-14,16H2,1-4H3,(H,24,28)(H2,23,25,26). The molecule has 3 N–H and O–H groups in total. The number of benzene rings is 1. The number of hydrogen-bond acceptors (Lipinski definition) is 4. The summed E-state index contributed by atoms with van der Waals surface area (Å²) in [7, 11) is 1.70. The first-order chi connectivity index (χ1) is 14.0. The van der Waals surface area contributed by atoms with E-state index in [0.29, 0.717) is 19.6 Å². The van der Waals surface area contributed by atoms with Crippen LogP contribution in [0.4, 0.5) is 0 Å². The molecule has 0 bridgehead atoms. The maximum atomic E-state index is 11.7. The normalized spacial score (nSPS) is 16.0. The van der Waals surface area contributed by atoms with Gasteiger partial charge in [-0.05, 0) is 50.6 Å². The molecule has 1 atom stereocenters. The zero-order valence-corrected chi connectivity index (χ0v) is 18.3. The molecule has 7 heteroatoms. The lowest BCUT2D eigenvalue weighted by Crippen LogP contribution is -2.42. The minimum Gasteiger partial charge on any atom is -0.497 e. The zero-order chi connectivity index (χ0) is 21.1. The number of hydrogen-bond donors (Lipinski definition) is 3. The molecule has 1 saturated heterocycles. The maximum absolute atomic E-state index is 11.7. The molecule has 7 nitrogen and oxygen atoms in total. The number of nitrogens with one attached hydrogen (secondary N) is 3. The van der Waals surface area contributed by atoms with E-state index in [4.69, 9.17) is 9.73 Å². The first kappa shape index (κ1) is 23.0. The minimum atomic E-state index is 0.000914. The number of aliphatic imine (C=N–C) groups is 1. The van der Waals surface area contributed by atoms with Crippen molar-refractivity contribution in [3.05, 3.63) is 29.8 Å². The molecule has 0 radical (unpaired) electrons. The van der Waals surface area contributed by atoms with Gasteiger partial charge in [-0.2, -0.15) is 0 Å². The molecule has 1 amide bonds. The van der Waals surface area contributed by atoms with Crippen molar-refractivity contribution in [3.63, 3.8) is 0 Å². The molecule has 1 aromatic rings. The quantitative estimate of drug-likeness (QED) is 0.317. The van der Waals surface area contributed by atoms with Gasteiger partial charge < -0.3 is 20.7 Å². The highest BCUT2D eigenvalue weighted by Gasteiger charge is 2.23. The van der Waals surface area contributed by atoms with E-state index in [9.17, 15) is 4.79 Å². The molecule has 0 spiro atoms. The molecular formula is C22H37N5O2. The first-order valence-electron chi connectivity index (χ1n) is 10.7. The molecule has 162 valence electrons. The molecule has 1 aliphatic rings. The van der Waals surface area contributed by atoms with E-state index >= 15 is 0 Å². The van der Waals surface area contributed by atoms with Gasteiger partial charge in [-0.1, -0.05) is 26.0 Å². The molecule has 1 heterocycles. The largest absolute Gasteiger partial charge is 0.497 e. The average molecular weight is 404 g/mol. The van der Waals surface area contributed by atoms with Crippen LogP contribution in [0.1, 0.15) is 45.2 Å². The van der Waals surface area contributed by atoms with Crippen LogP contribution in [-0.4, -0.2) is 63.1 Å². The smallest absolute Gasteiger partial charge is 0.222 e. The van der Waals surface area contributed by atoms with Crippen molar-refractivity contribution in [2.45, 2.75) is 39.7 Å². The molecule has 1 fully saturated rings. The van der Waals surface area contributed by atoms with Gasteiger partial charge in [0, 0.05) is 25.6 Å². The lowest BCUT2D eigenvalue weighted by molar-refractivity contribution is -0.123. The van der Waals surface area contributed by atoms with Crippen LogP contribution in [0, 0.1) is 5.92 Å². The lowest BCUT2D eigenvalue weighted by Gasteiger charge is -2.27. The predicted octanol–water partition coefficient (Wildman–Crippen LogP) is 2.16. The number of nitrogens with zero attached hydrogens (tertiary/aromatic N) is 2. The van der Waals surface area contributed by atoms with Crippen molar-refractivity contribution < 1.29 is 9.53 Å². The Hall–Kier alpha value is -2.28. The van der Waals surface area contributed by atoms with Gasteiger partial charge in [0.2, 0.25) is 5.91 Å². The summed E-state index contributed by atoms with van der Waals surface area (Å²) in [6.45, 7) is 10.7. The third-order valence-electron chi connectivity index (χ3n) is 5.07. The van der Waals surface area contributed by atoms with Crippen LogP contribution in [0.3, 0.4) is 0 Å². The summed E-state index contributed by atoms with van der Waals surface area (Å²) >= 11 is 0. The maximum Gasteiger partial charge on any atom is 0.222 e. The Morgan fingerprint density at radius 3 is 2.55 bits per heavy atom. The third kappa shape index (κ3) is 7.57. The second-order valence-electron chi connectivity index (χ2n) is 7.63. The van der Waals surface area contributed by atoms with E-state index in [1.54, 1.807) is 7.11 Å². The predicted molar refractivity (Wildman–Crippen MR) is 118 cm³/mol. The minimum absolute atomic E-state index is 0.000914. The van der Waals surface area contributed by atoms with Gasteiger partial charge in [0.25, 0.3) is 0 Å². The molecule has 1 aliphatic heterocycles. The Balaban J connectivity index is 2.02. The summed E-state index contributed by atoms with van der Waals surface area (Å²) in [4.78, 5) is 19.0. The highest BCUT2D eigenvalue weighted by molar-refractivity contribution is 5.80. The Bertz CT molecular complexity index is 656. The second kappa shape index (κ2) is 12.3. The Morgan fingerprint density at radius 2 is 1.90 bits per heavy atom. The number of methoxy groups -OCH3 is 1. The van der Waals surface area contributed by atoms with Crippen molar-refractivity contribution in [1.29, 1.82) is 0 Å². The summed E-state index contributed by atoms with van der Waals surface area (Å²) in [6.07, 6.45) is 2.47. The van der Waals surface area contributed by atoms with Crippen LogP contribution < -0.4 is 20.7 Å². The number of carbonyl (C=O) groups is 1. The number of likely N-dealkylation sites (tertiary alicyclic amines) is 1. The Labute approximate surface area is 175 Å². The molecule has 2 rings (SSSR count). The van der Waals surface area contributed by atoms with E-state index in [0.717, 1.165) is 31.3 Å². The second-order valence-corrected chi connectivity index (χ2v) is 7.63. The molecule has 1 unspecified atom stereocenters. The summed E-state index contributed by atoms with van der Waals surface area (Å²) < 4.78 is 5.42. The van der Waals surface area contributed by atoms with Crippen molar-refractivity contribution in [2.75, 3.05) is 46.4 Å². The fourth-order valence-corrected chi connectivity index (χ4v) is 3.42. The summed E-state index contributed by atoms with van der Waals surface area (Å²) in [5.74, 6) is 1.72. The fraction of sp³-hybridized carbons (Fsp3) is 0.636. The average Bonchev–Trinajstić information content (AvgIpc) is 3.25. The Kier molecular flexibility index (Phi) is 9.77. The molecule has 0 aromatic heterocycles. The molecule has 0 saturated carbocycles. The highest BCUT2D eigenvalue weighted by Crippen LogP contribution is 2.27. The van der Waals surface area contributed by atoms with E-state index in [1.807, 2.05) is 26.0 Å². The number of amides is 1. The van der Waals surface area contributed by atoms with Gasteiger partial charge in [0.15, 0.2) is 5.96 Å². The van der Waals surface area contributed by atoms with Crippen molar-refractivity contribution in [2.24, 2.45) is 10.9 Å². The summed E-state index contributed by atoms with van der Waals surface area (Å²) in [5.41, 5.74) is 1.23. The van der Waals surface area contributed by atoms with Crippen LogP contribution in [0.5, 0.6) is 5.75 Å². The van der Waals surface area contributed by atoms with Crippen LogP contribution >= 0.6 is 0 Å². The van der Waals surface area contributed by atoms with Gasteiger partial charge in [-0.15, -0.1) is 0 Å². The van der Waals surface area contributed by atoms with Crippen LogP contribution in [0.15, 0.2) is 29.3 Å². The van der Waals surface area contributed by atoms with Gasteiger partial charge >= 0.3 is 0 Å². The van der Waals surface area contributed by atoms with Gasteiger partial charge in [0.1, 0.15) is 5.75 Å². The monoisotopic (exact) mass is 403 g/mol. The van der Waals surface area contributed by atoms with Gasteiger partial charge in [0.05, 0.1) is 19.7 Å². The molecule has 29 heavy (non-hydrogen) atoms. The first-order valence-corrected chi connectivity index (χ1v) is 10.7. The molecule has 0 aliphatic carbocycles. The number of rotatable bonds is 10. The molecular weight excluding hydrogens is 366 g/mol. The highest BCUT2D eigenvalue weighted by atomic mass is 16.5. The van der Waals surface area contributed by atoms with E-state index in [1.165, 1.54) is 18.4 Å².